The van der Waals surface area contributed by atoms with Crippen molar-refractivity contribution in [2.45, 2.75) is 12.8 Å². The summed E-state index contributed by atoms with van der Waals surface area (Å²) in [7, 11) is 0. The van der Waals surface area contributed by atoms with E-state index in [-0.39, 0.29) is 23.4 Å². The Bertz CT molecular complexity index is 829. The van der Waals surface area contributed by atoms with Crippen LogP contribution in [0.15, 0.2) is 41.2 Å². The van der Waals surface area contributed by atoms with Gasteiger partial charge < -0.3 is 14.6 Å². The van der Waals surface area contributed by atoms with E-state index in [0.29, 0.717) is 31.5 Å². The Kier molecular flexibility index (Phi) is 4.97. The summed E-state index contributed by atoms with van der Waals surface area (Å²) >= 11 is 0. The molecule has 1 N–H and O–H groups in total. The Labute approximate surface area is 147 Å². The molecule has 26 heavy (non-hydrogen) atoms. The molecule has 0 aliphatic carbocycles. The molecular weight excluding hydrogens is 345 g/mol. The molecule has 0 atom stereocenters. The van der Waals surface area contributed by atoms with Gasteiger partial charge in [0.05, 0.1) is 16.7 Å². The lowest BCUT2D eigenvalue weighted by Crippen LogP contribution is -2.41. The van der Waals surface area contributed by atoms with Crippen LogP contribution in [0.1, 0.15) is 23.2 Å². The number of anilines is 1. The summed E-state index contributed by atoms with van der Waals surface area (Å²) in [6, 6.07) is 4.80. The van der Waals surface area contributed by atoms with Crippen LogP contribution in [-0.2, 0) is 4.79 Å². The average molecular weight is 361 g/mol. The van der Waals surface area contributed by atoms with Gasteiger partial charge in [-0.1, -0.05) is 0 Å². The molecule has 1 fully saturated rings. The van der Waals surface area contributed by atoms with Crippen molar-refractivity contribution in [2.24, 2.45) is 5.92 Å². The number of amides is 2. The van der Waals surface area contributed by atoms with E-state index in [2.05, 4.69) is 5.32 Å². The largest absolute Gasteiger partial charge is 0.472 e. The van der Waals surface area contributed by atoms with Gasteiger partial charge in [-0.05, 0) is 31.0 Å². The summed E-state index contributed by atoms with van der Waals surface area (Å²) in [5.41, 5.74) is -0.0603. The minimum atomic E-state index is -0.959. The highest BCUT2D eigenvalue weighted by atomic mass is 19.1. The van der Waals surface area contributed by atoms with Crippen molar-refractivity contribution in [2.75, 3.05) is 18.4 Å². The van der Waals surface area contributed by atoms with Crippen molar-refractivity contribution in [3.63, 3.8) is 0 Å². The third-order valence-electron chi connectivity index (χ3n) is 4.33. The number of rotatable bonds is 4. The number of piperidine rings is 1. The Morgan fingerprint density at radius 2 is 2.00 bits per heavy atom. The smallest absolute Gasteiger partial charge is 0.306 e. The Balaban J connectivity index is 1.58. The van der Waals surface area contributed by atoms with Gasteiger partial charge in [0.2, 0.25) is 11.7 Å². The maximum Gasteiger partial charge on any atom is 0.306 e. The van der Waals surface area contributed by atoms with E-state index in [4.69, 9.17) is 4.42 Å². The number of furan rings is 1. The molecule has 1 aromatic carbocycles. The van der Waals surface area contributed by atoms with Gasteiger partial charge in [-0.2, -0.15) is 4.39 Å². The summed E-state index contributed by atoms with van der Waals surface area (Å²) < 4.78 is 18.2. The van der Waals surface area contributed by atoms with Crippen LogP contribution in [0.2, 0.25) is 0 Å². The van der Waals surface area contributed by atoms with Crippen molar-refractivity contribution in [1.29, 1.82) is 0 Å². The molecule has 2 amide bonds. The molecule has 0 radical (unpaired) electrons. The molecule has 0 saturated carbocycles. The number of halogens is 1. The first-order valence-electron chi connectivity index (χ1n) is 8.02. The molecule has 0 spiro atoms. The van der Waals surface area contributed by atoms with Gasteiger partial charge in [0.1, 0.15) is 6.26 Å². The van der Waals surface area contributed by atoms with Gasteiger partial charge in [0.15, 0.2) is 0 Å². The van der Waals surface area contributed by atoms with E-state index in [9.17, 15) is 24.1 Å². The number of nitrogens with zero attached hydrogens (tertiary/aromatic N) is 2. The standard InChI is InChI=1S/C17H16FN3O5/c18-14-2-1-13(9-15(14)21(24)25)19-16(22)11-3-6-20(7-4-11)17(23)12-5-8-26-10-12/h1-2,5,8-11H,3-4,6-7H2,(H,19,22). The van der Waals surface area contributed by atoms with E-state index in [1.54, 1.807) is 11.0 Å². The number of carbonyl (C=O) groups excluding carboxylic acids is 2. The molecule has 2 aromatic rings. The molecule has 1 aliphatic heterocycles. The maximum atomic E-state index is 13.3. The molecule has 1 saturated heterocycles. The van der Waals surface area contributed by atoms with Crippen LogP contribution in [-0.4, -0.2) is 34.7 Å². The molecule has 2 heterocycles. The average Bonchev–Trinajstić information content (AvgIpc) is 3.17. The fourth-order valence-corrected chi connectivity index (χ4v) is 2.89. The summed E-state index contributed by atoms with van der Waals surface area (Å²) in [4.78, 5) is 36.1. The highest BCUT2D eigenvalue weighted by Crippen LogP contribution is 2.24. The second kappa shape index (κ2) is 7.34. The number of carbonyl (C=O) groups is 2. The van der Waals surface area contributed by atoms with Crippen molar-refractivity contribution >= 4 is 23.2 Å². The molecule has 1 aromatic heterocycles. The topological polar surface area (TPSA) is 106 Å². The van der Waals surface area contributed by atoms with Crippen molar-refractivity contribution in [3.05, 3.63) is 58.3 Å². The third kappa shape index (κ3) is 3.71. The third-order valence-corrected chi connectivity index (χ3v) is 4.33. The van der Waals surface area contributed by atoms with Crippen molar-refractivity contribution in [1.82, 2.24) is 4.90 Å². The van der Waals surface area contributed by atoms with Crippen molar-refractivity contribution in [3.8, 4) is 0 Å². The Morgan fingerprint density at radius 3 is 2.62 bits per heavy atom. The molecule has 1 aliphatic rings. The second-order valence-corrected chi connectivity index (χ2v) is 5.99. The molecule has 0 unspecified atom stereocenters. The molecule has 3 rings (SSSR count). The van der Waals surface area contributed by atoms with Crippen LogP contribution in [0.5, 0.6) is 0 Å². The number of benzene rings is 1. The lowest BCUT2D eigenvalue weighted by molar-refractivity contribution is -0.387. The van der Waals surface area contributed by atoms with Gasteiger partial charge >= 0.3 is 5.69 Å². The van der Waals surface area contributed by atoms with Crippen LogP contribution in [0.25, 0.3) is 0 Å². The Morgan fingerprint density at radius 1 is 1.27 bits per heavy atom. The van der Waals surface area contributed by atoms with E-state index in [1.165, 1.54) is 18.6 Å². The monoisotopic (exact) mass is 361 g/mol. The van der Waals surface area contributed by atoms with Crippen LogP contribution in [0.3, 0.4) is 0 Å². The van der Waals surface area contributed by atoms with Crippen LogP contribution in [0, 0.1) is 21.8 Å². The number of hydrogen-bond donors (Lipinski definition) is 1. The number of nitro benzene ring substituents is 1. The molecular formula is C17H16FN3O5. The molecule has 9 heteroatoms. The zero-order chi connectivity index (χ0) is 18.7. The minimum Gasteiger partial charge on any atom is -0.472 e. The molecule has 0 bridgehead atoms. The zero-order valence-corrected chi connectivity index (χ0v) is 13.7. The van der Waals surface area contributed by atoms with Crippen LogP contribution < -0.4 is 5.32 Å². The summed E-state index contributed by atoms with van der Waals surface area (Å²) in [5, 5.41) is 13.3. The predicted octanol–water partition coefficient (Wildman–Crippen LogP) is 2.82. The highest BCUT2D eigenvalue weighted by Gasteiger charge is 2.28. The van der Waals surface area contributed by atoms with Gasteiger partial charge in [-0.15, -0.1) is 0 Å². The maximum absolute atomic E-state index is 13.3. The lowest BCUT2D eigenvalue weighted by Gasteiger charge is -2.31. The van der Waals surface area contributed by atoms with E-state index < -0.39 is 16.4 Å². The first-order chi connectivity index (χ1) is 12.5. The predicted molar refractivity (Wildman–Crippen MR) is 89.0 cm³/mol. The van der Waals surface area contributed by atoms with Gasteiger partial charge in [-0.3, -0.25) is 19.7 Å². The summed E-state index contributed by atoms with van der Waals surface area (Å²) in [5.74, 6) is -1.74. The number of nitrogens with one attached hydrogen (secondary N) is 1. The second-order valence-electron chi connectivity index (χ2n) is 5.99. The first kappa shape index (κ1) is 17.6. The highest BCUT2D eigenvalue weighted by molar-refractivity contribution is 5.95. The number of nitro groups is 1. The molecule has 136 valence electrons. The Hall–Kier alpha value is -3.23. The lowest BCUT2D eigenvalue weighted by atomic mass is 9.95. The summed E-state index contributed by atoms with van der Waals surface area (Å²) in [6.45, 7) is 0.845. The first-order valence-corrected chi connectivity index (χ1v) is 8.02. The zero-order valence-electron chi connectivity index (χ0n) is 13.7. The van der Waals surface area contributed by atoms with Crippen molar-refractivity contribution < 1.29 is 23.3 Å². The SMILES string of the molecule is O=C(Nc1ccc(F)c([N+](=O)[O-])c1)C1CCN(C(=O)c2ccoc2)CC1. The minimum absolute atomic E-state index is 0.147. The fourth-order valence-electron chi connectivity index (χ4n) is 2.89. The van der Waals surface area contributed by atoms with E-state index >= 15 is 0 Å². The summed E-state index contributed by atoms with van der Waals surface area (Å²) in [6.07, 6.45) is 3.75. The van der Waals surface area contributed by atoms with E-state index in [0.717, 1.165) is 12.1 Å². The van der Waals surface area contributed by atoms with Gasteiger partial charge in [-0.25, -0.2) is 0 Å². The number of hydrogen-bond acceptors (Lipinski definition) is 5. The fraction of sp³-hybridized carbons (Fsp3) is 0.294. The number of likely N-dealkylation sites (tertiary alicyclic amines) is 1. The normalized spacial score (nSPS) is 14.9. The van der Waals surface area contributed by atoms with Crippen LogP contribution >= 0.6 is 0 Å². The quantitative estimate of drug-likeness (QED) is 0.666. The molecule has 8 nitrogen and oxygen atoms in total. The van der Waals surface area contributed by atoms with Gasteiger partial charge in [0.25, 0.3) is 5.91 Å². The van der Waals surface area contributed by atoms with Gasteiger partial charge in [0, 0.05) is 30.8 Å². The van der Waals surface area contributed by atoms with Crippen LogP contribution in [0.4, 0.5) is 15.8 Å². The van der Waals surface area contributed by atoms with E-state index in [1.807, 2.05) is 0 Å².